The number of benzene rings is 2. The molecule has 0 spiro atoms. The zero-order chi connectivity index (χ0) is 28.0. The number of anilines is 2. The van der Waals surface area contributed by atoms with Gasteiger partial charge in [0.15, 0.2) is 0 Å². The normalized spacial score (nSPS) is 18.9. The Morgan fingerprint density at radius 2 is 1.18 bits per heavy atom. The van der Waals surface area contributed by atoms with Crippen molar-refractivity contribution in [2.24, 2.45) is 0 Å². The minimum atomic E-state index is -0.712. The molecule has 206 valence electrons. The van der Waals surface area contributed by atoms with Gasteiger partial charge in [0.05, 0.1) is 48.9 Å². The fraction of sp³-hybridized carbons (Fsp3) is 0.308. The fourth-order valence-corrected chi connectivity index (χ4v) is 4.82. The number of carbonyl (C=O) groups excluding carboxylic acids is 2. The first-order chi connectivity index (χ1) is 19.2. The van der Waals surface area contributed by atoms with Crippen LogP contribution in [-0.2, 0) is 22.6 Å². The number of nitrogens with zero attached hydrogens (tertiary/aromatic N) is 8. The third kappa shape index (κ3) is 4.95. The second-order valence-corrected chi connectivity index (χ2v) is 9.72. The number of hydrogen-bond acceptors (Lipinski definition) is 8. The van der Waals surface area contributed by atoms with E-state index in [4.69, 9.17) is 9.47 Å². The molecule has 4 heterocycles. The van der Waals surface area contributed by atoms with E-state index in [1.165, 1.54) is 46.2 Å². The minimum absolute atomic E-state index is 0.0124. The molecule has 4 aromatic rings. The average Bonchev–Trinajstić information content (AvgIpc) is 3.68. The van der Waals surface area contributed by atoms with E-state index in [9.17, 15) is 9.59 Å². The van der Waals surface area contributed by atoms with Crippen molar-refractivity contribution < 1.29 is 27.8 Å². The summed E-state index contributed by atoms with van der Waals surface area (Å²) in [5.74, 6) is -1.42. The van der Waals surface area contributed by atoms with E-state index in [1.54, 1.807) is 35.6 Å². The summed E-state index contributed by atoms with van der Waals surface area (Å²) in [7, 11) is 0. The quantitative estimate of drug-likeness (QED) is 0.343. The van der Waals surface area contributed by atoms with Crippen LogP contribution in [0.3, 0.4) is 0 Å². The van der Waals surface area contributed by atoms with E-state index in [0.29, 0.717) is 13.1 Å². The molecular weight excluding hydrogens is 526 g/mol. The molecule has 2 aliphatic heterocycles. The molecule has 2 saturated heterocycles. The van der Waals surface area contributed by atoms with Gasteiger partial charge < -0.3 is 9.47 Å². The number of aromatic nitrogens is 6. The summed E-state index contributed by atoms with van der Waals surface area (Å²) in [6.07, 6.45) is 1.26. The first kappa shape index (κ1) is 25.4. The van der Waals surface area contributed by atoms with Crippen molar-refractivity contribution in [3.8, 4) is 11.1 Å². The van der Waals surface area contributed by atoms with Crippen molar-refractivity contribution in [3.63, 3.8) is 0 Å². The molecule has 0 unspecified atom stereocenters. The molecular formula is C26H24F2N8O4. The maximum atomic E-state index is 15.2. The van der Waals surface area contributed by atoms with Gasteiger partial charge >= 0.3 is 12.2 Å². The Hall–Kier alpha value is -4.88. The molecule has 2 aliphatic rings. The van der Waals surface area contributed by atoms with Crippen LogP contribution in [0.1, 0.15) is 11.4 Å². The number of carbonyl (C=O) groups is 2. The highest BCUT2D eigenvalue weighted by molar-refractivity contribution is 5.91. The van der Waals surface area contributed by atoms with Gasteiger partial charge in [-0.05, 0) is 50.2 Å². The van der Waals surface area contributed by atoms with Crippen LogP contribution < -0.4 is 9.80 Å². The smallest absolute Gasteiger partial charge is 0.414 e. The van der Waals surface area contributed by atoms with E-state index in [2.05, 4.69) is 20.6 Å². The van der Waals surface area contributed by atoms with Crippen molar-refractivity contribution >= 4 is 23.6 Å². The van der Waals surface area contributed by atoms with Gasteiger partial charge in [0, 0.05) is 23.5 Å². The number of rotatable bonds is 7. The highest BCUT2D eigenvalue weighted by atomic mass is 19.1. The van der Waals surface area contributed by atoms with Crippen molar-refractivity contribution in [1.29, 1.82) is 0 Å². The van der Waals surface area contributed by atoms with Crippen molar-refractivity contribution in [2.45, 2.75) is 39.1 Å². The SMILES string of the molecule is Cc1cn(C[C@H]2CN(c3ccc(-c4ccc(N5C[C@H](Cn6cc(C)nn6)OC5=O)cc4F)c(F)c3)C(=O)O2)nn1. The maximum absolute atomic E-state index is 15.2. The van der Waals surface area contributed by atoms with Gasteiger partial charge in [-0.15, -0.1) is 10.2 Å². The van der Waals surface area contributed by atoms with Crippen LogP contribution in [0.4, 0.5) is 29.7 Å². The van der Waals surface area contributed by atoms with Crippen LogP contribution in [0.25, 0.3) is 11.1 Å². The zero-order valence-corrected chi connectivity index (χ0v) is 21.6. The lowest BCUT2D eigenvalue weighted by molar-refractivity contribution is 0.128. The first-order valence-electron chi connectivity index (χ1n) is 12.5. The Labute approximate surface area is 226 Å². The molecule has 0 radical (unpaired) electrons. The Morgan fingerprint density at radius 3 is 1.52 bits per heavy atom. The molecule has 14 heteroatoms. The summed E-state index contributed by atoms with van der Waals surface area (Å²) >= 11 is 0. The van der Waals surface area contributed by atoms with Crippen molar-refractivity contribution in [3.05, 3.63) is 71.8 Å². The second kappa shape index (κ2) is 10.0. The van der Waals surface area contributed by atoms with Gasteiger partial charge in [-0.3, -0.25) is 9.80 Å². The molecule has 0 bridgehead atoms. The summed E-state index contributed by atoms with van der Waals surface area (Å²) in [6, 6.07) is 8.21. The van der Waals surface area contributed by atoms with Crippen molar-refractivity contribution in [1.82, 2.24) is 30.0 Å². The molecule has 0 saturated carbocycles. The lowest BCUT2D eigenvalue weighted by Crippen LogP contribution is -2.26. The molecule has 40 heavy (non-hydrogen) atoms. The molecule has 2 aromatic heterocycles. The molecule has 6 rings (SSSR count). The predicted octanol–water partition coefficient (Wildman–Crippen LogP) is 3.48. The van der Waals surface area contributed by atoms with E-state index in [1.807, 2.05) is 0 Å². The molecule has 2 atom stereocenters. The molecule has 2 aromatic carbocycles. The van der Waals surface area contributed by atoms with Crippen LogP contribution in [0.2, 0.25) is 0 Å². The van der Waals surface area contributed by atoms with Crippen LogP contribution in [-0.4, -0.2) is 67.5 Å². The van der Waals surface area contributed by atoms with Crippen LogP contribution in [0.15, 0.2) is 48.8 Å². The van der Waals surface area contributed by atoms with E-state index >= 15 is 8.78 Å². The van der Waals surface area contributed by atoms with E-state index in [0.717, 1.165) is 11.4 Å². The summed E-state index contributed by atoms with van der Waals surface area (Å²) in [5.41, 5.74) is 2.07. The predicted molar refractivity (Wildman–Crippen MR) is 137 cm³/mol. The summed E-state index contributed by atoms with van der Waals surface area (Å²) in [6.45, 7) is 4.62. The highest BCUT2D eigenvalue weighted by Gasteiger charge is 2.35. The van der Waals surface area contributed by atoms with Gasteiger partial charge in [0.2, 0.25) is 0 Å². The van der Waals surface area contributed by atoms with Crippen LogP contribution in [0.5, 0.6) is 0 Å². The maximum Gasteiger partial charge on any atom is 0.414 e. The van der Waals surface area contributed by atoms with Crippen LogP contribution >= 0.6 is 0 Å². The van der Waals surface area contributed by atoms with Crippen LogP contribution in [0, 0.1) is 25.5 Å². The Kier molecular flexibility index (Phi) is 6.36. The summed E-state index contributed by atoms with van der Waals surface area (Å²) in [4.78, 5) is 27.5. The van der Waals surface area contributed by atoms with E-state index in [-0.39, 0.29) is 35.6 Å². The Morgan fingerprint density at radius 1 is 0.750 bits per heavy atom. The van der Waals surface area contributed by atoms with Gasteiger partial charge in [-0.25, -0.2) is 27.7 Å². The largest absolute Gasteiger partial charge is 0.442 e. The number of aryl methyl sites for hydroxylation is 2. The zero-order valence-electron chi connectivity index (χ0n) is 21.6. The Bertz CT molecular complexity index is 1490. The molecule has 12 nitrogen and oxygen atoms in total. The molecule has 0 aliphatic carbocycles. The second-order valence-electron chi connectivity index (χ2n) is 9.72. The molecule has 2 amide bonds. The minimum Gasteiger partial charge on any atom is -0.442 e. The van der Waals surface area contributed by atoms with E-state index < -0.39 is 36.0 Å². The third-order valence-electron chi connectivity index (χ3n) is 6.65. The third-order valence-corrected chi connectivity index (χ3v) is 6.65. The number of ether oxygens (including phenoxy) is 2. The number of amides is 2. The lowest BCUT2D eigenvalue weighted by atomic mass is 10.0. The Balaban J connectivity index is 1.15. The number of cyclic esters (lactones) is 2. The standard InChI is InChI=1S/C26H24F2N8O4/c1-15-9-33(31-29-15)11-19-13-35(25(37)39-19)17-3-5-21(23(27)7-17)22-6-4-18(8-24(22)28)36-14-20(40-26(36)38)12-34-10-16(2)30-32-34/h3-10,19-20H,11-14H2,1-2H3/t19-,20-/m0/s1. The summed E-state index contributed by atoms with van der Waals surface area (Å²) in [5, 5.41) is 15.7. The van der Waals surface area contributed by atoms with Gasteiger partial charge in [-0.2, -0.15) is 0 Å². The summed E-state index contributed by atoms with van der Waals surface area (Å²) < 4.78 is 44.3. The van der Waals surface area contributed by atoms with Crippen molar-refractivity contribution in [2.75, 3.05) is 22.9 Å². The highest BCUT2D eigenvalue weighted by Crippen LogP contribution is 2.33. The van der Waals surface area contributed by atoms with Gasteiger partial charge in [0.1, 0.15) is 23.8 Å². The van der Waals surface area contributed by atoms with Gasteiger partial charge in [-0.1, -0.05) is 10.4 Å². The molecule has 2 fully saturated rings. The lowest BCUT2D eigenvalue weighted by Gasteiger charge is -2.16. The fourth-order valence-electron chi connectivity index (χ4n) is 4.82. The number of halogens is 2. The number of hydrogen-bond donors (Lipinski definition) is 0. The topological polar surface area (TPSA) is 121 Å². The monoisotopic (exact) mass is 550 g/mol. The average molecular weight is 551 g/mol. The first-order valence-corrected chi connectivity index (χ1v) is 12.5. The van der Waals surface area contributed by atoms with Gasteiger partial charge in [0.25, 0.3) is 0 Å². The molecule has 0 N–H and O–H groups in total.